The van der Waals surface area contributed by atoms with Crippen molar-refractivity contribution in [3.63, 3.8) is 0 Å². The topological polar surface area (TPSA) is 104 Å². The van der Waals surface area contributed by atoms with Crippen molar-refractivity contribution in [2.24, 2.45) is 5.92 Å². The molecular weight excluding hydrogens is 270 g/mol. The molecule has 1 atom stereocenters. The first-order valence-electron chi connectivity index (χ1n) is 6.98. The Hall–Kier alpha value is -2.08. The highest BCUT2D eigenvalue weighted by molar-refractivity contribution is 5.96. The third-order valence-electron chi connectivity index (χ3n) is 3.17. The molecule has 0 fully saturated rings. The molecule has 2 amide bonds. The number of anilines is 1. The number of nitrogens with two attached hydrogens (primary N) is 1. The predicted octanol–water partition coefficient (Wildman–Crippen LogP) is 0.522. The van der Waals surface area contributed by atoms with E-state index in [1.807, 2.05) is 13.8 Å². The molecule has 1 aromatic rings. The van der Waals surface area contributed by atoms with Crippen molar-refractivity contribution in [1.82, 2.24) is 10.6 Å². The van der Waals surface area contributed by atoms with Gasteiger partial charge in [-0.25, -0.2) is 0 Å². The van der Waals surface area contributed by atoms with Gasteiger partial charge in [0.15, 0.2) is 0 Å². The molecule has 1 unspecified atom stereocenters. The van der Waals surface area contributed by atoms with Gasteiger partial charge in [-0.3, -0.25) is 9.59 Å². The van der Waals surface area contributed by atoms with Crippen LogP contribution in [-0.4, -0.2) is 36.1 Å². The Bertz CT molecular complexity index is 472. The smallest absolute Gasteiger partial charge is 0.251 e. The molecule has 0 saturated carbocycles. The number of benzene rings is 1. The summed E-state index contributed by atoms with van der Waals surface area (Å²) in [6, 6.07) is 6.36. The fourth-order valence-corrected chi connectivity index (χ4v) is 1.87. The summed E-state index contributed by atoms with van der Waals surface area (Å²) < 4.78 is 0. The Morgan fingerprint density at radius 2 is 1.86 bits per heavy atom. The molecule has 0 heterocycles. The lowest BCUT2D eigenvalue weighted by atomic mass is 10.0. The first-order valence-corrected chi connectivity index (χ1v) is 6.98. The lowest BCUT2D eigenvalue weighted by Crippen LogP contribution is -2.44. The molecule has 0 radical (unpaired) electrons. The van der Waals surface area contributed by atoms with Gasteiger partial charge < -0.3 is 21.5 Å². The van der Waals surface area contributed by atoms with Crippen molar-refractivity contribution in [1.29, 1.82) is 0 Å². The molecule has 0 aliphatic heterocycles. The Labute approximate surface area is 124 Å². The van der Waals surface area contributed by atoms with E-state index in [2.05, 4.69) is 10.6 Å². The molecule has 0 spiro atoms. The van der Waals surface area contributed by atoms with Crippen molar-refractivity contribution in [2.45, 2.75) is 26.3 Å². The molecule has 1 rings (SSSR count). The van der Waals surface area contributed by atoms with Gasteiger partial charge in [0.05, 0.1) is 6.54 Å². The summed E-state index contributed by atoms with van der Waals surface area (Å²) in [5, 5.41) is 14.3. The van der Waals surface area contributed by atoms with Crippen LogP contribution in [0.15, 0.2) is 24.3 Å². The SMILES string of the molecule is CC(C)C(CCO)NC(=O)CNC(=O)c1ccc(N)cc1. The average molecular weight is 293 g/mol. The summed E-state index contributed by atoms with van der Waals surface area (Å²) in [5.41, 5.74) is 6.57. The predicted molar refractivity (Wildman–Crippen MR) is 81.7 cm³/mol. The fourth-order valence-electron chi connectivity index (χ4n) is 1.87. The average Bonchev–Trinajstić information content (AvgIpc) is 2.45. The Morgan fingerprint density at radius 3 is 2.38 bits per heavy atom. The third kappa shape index (κ3) is 5.83. The summed E-state index contributed by atoms with van der Waals surface area (Å²) in [6.45, 7) is 3.85. The Morgan fingerprint density at radius 1 is 1.24 bits per heavy atom. The second kappa shape index (κ2) is 8.26. The number of nitrogen functional groups attached to an aromatic ring is 1. The molecule has 6 heteroatoms. The molecule has 116 valence electrons. The highest BCUT2D eigenvalue weighted by Gasteiger charge is 2.16. The fraction of sp³-hybridized carbons (Fsp3) is 0.467. The third-order valence-corrected chi connectivity index (χ3v) is 3.17. The monoisotopic (exact) mass is 293 g/mol. The summed E-state index contributed by atoms with van der Waals surface area (Å²) in [7, 11) is 0. The van der Waals surface area contributed by atoms with Gasteiger partial charge in [-0.05, 0) is 36.6 Å². The number of carbonyl (C=O) groups excluding carboxylic acids is 2. The highest BCUT2D eigenvalue weighted by Crippen LogP contribution is 2.06. The van der Waals surface area contributed by atoms with E-state index in [4.69, 9.17) is 10.8 Å². The van der Waals surface area contributed by atoms with E-state index in [0.717, 1.165) is 0 Å². The first-order chi connectivity index (χ1) is 9.93. The number of rotatable bonds is 7. The maximum absolute atomic E-state index is 11.8. The zero-order valence-corrected chi connectivity index (χ0v) is 12.4. The molecule has 0 aliphatic rings. The number of nitrogens with one attached hydrogen (secondary N) is 2. The molecule has 5 N–H and O–H groups in total. The standard InChI is InChI=1S/C15H23N3O3/c1-10(2)13(7-8-19)18-14(20)9-17-15(21)11-3-5-12(16)6-4-11/h3-6,10,13,19H,7-9,16H2,1-2H3,(H,17,21)(H,18,20). The molecular formula is C15H23N3O3. The van der Waals surface area contributed by atoms with Gasteiger partial charge in [-0.1, -0.05) is 13.8 Å². The summed E-state index contributed by atoms with van der Waals surface area (Å²) in [4.78, 5) is 23.6. The van der Waals surface area contributed by atoms with Gasteiger partial charge in [0.1, 0.15) is 0 Å². The van der Waals surface area contributed by atoms with Crippen LogP contribution in [0.5, 0.6) is 0 Å². The lowest BCUT2D eigenvalue weighted by Gasteiger charge is -2.21. The van der Waals surface area contributed by atoms with Crippen LogP contribution >= 0.6 is 0 Å². The van der Waals surface area contributed by atoms with Crippen LogP contribution < -0.4 is 16.4 Å². The Kier molecular flexibility index (Phi) is 6.68. The minimum Gasteiger partial charge on any atom is -0.399 e. The Balaban J connectivity index is 2.45. The van der Waals surface area contributed by atoms with Crippen LogP contribution in [-0.2, 0) is 4.79 Å². The van der Waals surface area contributed by atoms with Gasteiger partial charge in [-0.2, -0.15) is 0 Å². The zero-order valence-electron chi connectivity index (χ0n) is 12.4. The quantitative estimate of drug-likeness (QED) is 0.550. The lowest BCUT2D eigenvalue weighted by molar-refractivity contribution is -0.121. The molecule has 21 heavy (non-hydrogen) atoms. The van der Waals surface area contributed by atoms with E-state index in [-0.39, 0.29) is 36.9 Å². The maximum Gasteiger partial charge on any atom is 0.251 e. The van der Waals surface area contributed by atoms with Gasteiger partial charge in [0.25, 0.3) is 5.91 Å². The number of hydrogen-bond acceptors (Lipinski definition) is 4. The first kappa shape index (κ1) is 17.0. The normalized spacial score (nSPS) is 12.0. The number of amides is 2. The maximum atomic E-state index is 11.8. The van der Waals surface area contributed by atoms with Gasteiger partial charge >= 0.3 is 0 Å². The van der Waals surface area contributed by atoms with Crippen molar-refractivity contribution in [2.75, 3.05) is 18.9 Å². The van der Waals surface area contributed by atoms with Crippen molar-refractivity contribution >= 4 is 17.5 Å². The molecule has 6 nitrogen and oxygen atoms in total. The van der Waals surface area contributed by atoms with Crippen molar-refractivity contribution < 1.29 is 14.7 Å². The summed E-state index contributed by atoms with van der Waals surface area (Å²) in [5.74, 6) is -0.381. The second-order valence-electron chi connectivity index (χ2n) is 5.23. The van der Waals surface area contributed by atoms with E-state index in [9.17, 15) is 9.59 Å². The van der Waals surface area contributed by atoms with Crippen LogP contribution in [0.2, 0.25) is 0 Å². The van der Waals surface area contributed by atoms with E-state index in [0.29, 0.717) is 17.7 Å². The molecule has 0 saturated heterocycles. The summed E-state index contributed by atoms with van der Waals surface area (Å²) in [6.07, 6.45) is 0.495. The van der Waals surface area contributed by atoms with Crippen molar-refractivity contribution in [3.8, 4) is 0 Å². The largest absolute Gasteiger partial charge is 0.399 e. The van der Waals surface area contributed by atoms with Crippen LogP contribution in [0, 0.1) is 5.92 Å². The van der Waals surface area contributed by atoms with E-state index >= 15 is 0 Å². The second-order valence-corrected chi connectivity index (χ2v) is 5.23. The van der Waals surface area contributed by atoms with Crippen LogP contribution in [0.1, 0.15) is 30.6 Å². The van der Waals surface area contributed by atoms with Crippen molar-refractivity contribution in [3.05, 3.63) is 29.8 Å². The molecule has 1 aromatic carbocycles. The number of aliphatic hydroxyl groups excluding tert-OH is 1. The van der Waals surface area contributed by atoms with E-state index in [1.54, 1.807) is 24.3 Å². The minimum atomic E-state index is -0.326. The molecule has 0 aromatic heterocycles. The van der Waals surface area contributed by atoms with Crippen LogP contribution in [0.3, 0.4) is 0 Å². The van der Waals surface area contributed by atoms with E-state index in [1.165, 1.54) is 0 Å². The highest BCUT2D eigenvalue weighted by atomic mass is 16.3. The van der Waals surface area contributed by atoms with Gasteiger partial charge in [-0.15, -0.1) is 0 Å². The van der Waals surface area contributed by atoms with Gasteiger partial charge in [0.2, 0.25) is 5.91 Å². The summed E-state index contributed by atoms with van der Waals surface area (Å²) >= 11 is 0. The molecule has 0 bridgehead atoms. The number of aliphatic hydroxyl groups is 1. The zero-order chi connectivity index (χ0) is 15.8. The van der Waals surface area contributed by atoms with Crippen LogP contribution in [0.4, 0.5) is 5.69 Å². The molecule has 0 aliphatic carbocycles. The van der Waals surface area contributed by atoms with Crippen LogP contribution in [0.25, 0.3) is 0 Å². The number of hydrogen-bond donors (Lipinski definition) is 4. The number of carbonyl (C=O) groups is 2. The van der Waals surface area contributed by atoms with Gasteiger partial charge in [0, 0.05) is 23.9 Å². The minimum absolute atomic E-state index is 0.0148. The van der Waals surface area contributed by atoms with E-state index < -0.39 is 0 Å².